The molecule has 1 atom stereocenters. The first-order valence-corrected chi connectivity index (χ1v) is 4.58. The van der Waals surface area contributed by atoms with Gasteiger partial charge in [-0.15, -0.1) is 0 Å². The maximum Gasteiger partial charge on any atom is 0.326 e. The number of carbonyl (C=O) groups is 3. The first-order chi connectivity index (χ1) is 7.91. The Hall–Kier alpha value is -2.38. The van der Waals surface area contributed by atoms with Gasteiger partial charge in [0.2, 0.25) is 5.76 Å². The first-order valence-electron chi connectivity index (χ1n) is 4.58. The normalized spacial score (nSPS) is 11.8. The smallest absolute Gasteiger partial charge is 0.326 e. The fourth-order valence-electron chi connectivity index (χ4n) is 1.11. The average Bonchev–Trinajstić information content (AvgIpc) is 2.62. The number of carboxylic acid groups (broad SMARTS) is 2. The molecular weight excluding hydrogens is 232 g/mol. The van der Waals surface area contributed by atoms with Crippen LogP contribution in [-0.4, -0.2) is 39.3 Å². The molecular formula is C9H10N2O6. The second-order valence-corrected chi connectivity index (χ2v) is 3.30. The molecule has 8 nitrogen and oxygen atoms in total. The molecule has 0 radical (unpaired) electrons. The number of aryl methyl sites for hydroxylation is 1. The van der Waals surface area contributed by atoms with Crippen LogP contribution < -0.4 is 5.32 Å². The first kappa shape index (κ1) is 12.7. The summed E-state index contributed by atoms with van der Waals surface area (Å²) in [5.74, 6) is -3.71. The summed E-state index contributed by atoms with van der Waals surface area (Å²) in [6, 6.07) is -1.51. The van der Waals surface area contributed by atoms with E-state index < -0.39 is 30.3 Å². The zero-order valence-corrected chi connectivity index (χ0v) is 8.84. The highest BCUT2D eigenvalue weighted by Crippen LogP contribution is 2.06. The van der Waals surface area contributed by atoms with Gasteiger partial charge < -0.3 is 20.1 Å². The van der Waals surface area contributed by atoms with Crippen molar-refractivity contribution in [3.05, 3.63) is 17.5 Å². The second kappa shape index (κ2) is 5.10. The molecule has 8 heteroatoms. The van der Waals surface area contributed by atoms with Gasteiger partial charge in [0, 0.05) is 5.56 Å². The van der Waals surface area contributed by atoms with E-state index in [4.69, 9.17) is 10.2 Å². The Kier molecular flexibility index (Phi) is 3.81. The van der Waals surface area contributed by atoms with E-state index in [-0.39, 0.29) is 5.76 Å². The van der Waals surface area contributed by atoms with Crippen LogP contribution >= 0.6 is 0 Å². The maximum atomic E-state index is 11.5. The summed E-state index contributed by atoms with van der Waals surface area (Å²) < 4.78 is 4.61. The molecule has 1 rings (SSSR count). The van der Waals surface area contributed by atoms with Gasteiger partial charge in [-0.05, 0) is 6.92 Å². The zero-order chi connectivity index (χ0) is 13.0. The number of nitrogens with zero attached hydrogens (tertiary/aromatic N) is 1. The van der Waals surface area contributed by atoms with Gasteiger partial charge in [-0.3, -0.25) is 9.59 Å². The molecule has 1 aromatic rings. The molecule has 0 aromatic carbocycles. The van der Waals surface area contributed by atoms with Crippen molar-refractivity contribution in [3.63, 3.8) is 0 Å². The van der Waals surface area contributed by atoms with Crippen molar-refractivity contribution in [1.82, 2.24) is 10.5 Å². The molecule has 0 spiro atoms. The molecule has 1 heterocycles. The summed E-state index contributed by atoms with van der Waals surface area (Å²) in [5, 5.41) is 22.6. The van der Waals surface area contributed by atoms with Gasteiger partial charge in [0.1, 0.15) is 6.04 Å². The second-order valence-electron chi connectivity index (χ2n) is 3.30. The van der Waals surface area contributed by atoms with E-state index in [0.29, 0.717) is 5.56 Å². The van der Waals surface area contributed by atoms with Gasteiger partial charge in [0.15, 0.2) is 0 Å². The molecule has 0 unspecified atom stereocenters. The van der Waals surface area contributed by atoms with Crippen molar-refractivity contribution in [2.75, 3.05) is 0 Å². The molecule has 0 aliphatic rings. The van der Waals surface area contributed by atoms with Gasteiger partial charge >= 0.3 is 11.9 Å². The minimum atomic E-state index is -1.51. The molecule has 1 amide bonds. The van der Waals surface area contributed by atoms with E-state index in [9.17, 15) is 14.4 Å². The van der Waals surface area contributed by atoms with Crippen LogP contribution in [0.4, 0.5) is 0 Å². The standard InChI is InChI=1S/C9H10N2O6/c1-4-3-10-17-7(4)8(14)11-5(9(15)16)2-6(12)13/h3,5H,2H2,1H3,(H,11,14)(H,12,13)(H,15,16)/t5-/m1/s1. The molecule has 3 N–H and O–H groups in total. The van der Waals surface area contributed by atoms with Gasteiger partial charge in [0.05, 0.1) is 12.6 Å². The highest BCUT2D eigenvalue weighted by Gasteiger charge is 2.25. The van der Waals surface area contributed by atoms with E-state index >= 15 is 0 Å². The molecule has 17 heavy (non-hydrogen) atoms. The number of aromatic nitrogens is 1. The largest absolute Gasteiger partial charge is 0.481 e. The van der Waals surface area contributed by atoms with Crippen LogP contribution in [0.15, 0.2) is 10.7 Å². The summed E-state index contributed by atoms with van der Waals surface area (Å²) in [4.78, 5) is 32.6. The minimum absolute atomic E-state index is 0.137. The number of hydrogen-bond acceptors (Lipinski definition) is 5. The lowest BCUT2D eigenvalue weighted by Gasteiger charge is -2.10. The molecule has 0 bridgehead atoms. The third-order valence-corrected chi connectivity index (χ3v) is 1.94. The van der Waals surface area contributed by atoms with Gasteiger partial charge in [0.25, 0.3) is 5.91 Å². The fraction of sp³-hybridized carbons (Fsp3) is 0.333. The molecule has 0 fully saturated rings. The highest BCUT2D eigenvalue weighted by molar-refractivity contribution is 5.96. The average molecular weight is 242 g/mol. The Morgan fingerprint density at radius 2 is 2.12 bits per heavy atom. The molecule has 0 saturated heterocycles. The van der Waals surface area contributed by atoms with E-state index in [1.54, 1.807) is 6.92 Å². The van der Waals surface area contributed by atoms with Crippen molar-refractivity contribution >= 4 is 17.8 Å². The summed E-state index contributed by atoms with van der Waals surface area (Å²) in [6.07, 6.45) is 0.580. The lowest BCUT2D eigenvalue weighted by molar-refractivity contribution is -0.145. The van der Waals surface area contributed by atoms with Gasteiger partial charge in [-0.2, -0.15) is 0 Å². The molecule has 92 valence electrons. The third kappa shape index (κ3) is 3.30. The van der Waals surface area contributed by atoms with E-state index in [2.05, 4.69) is 9.68 Å². The number of amides is 1. The zero-order valence-electron chi connectivity index (χ0n) is 8.84. The Balaban J connectivity index is 2.74. The van der Waals surface area contributed by atoms with Crippen LogP contribution in [0.1, 0.15) is 22.5 Å². The number of carbonyl (C=O) groups excluding carboxylic acids is 1. The van der Waals surface area contributed by atoms with Crippen molar-refractivity contribution < 1.29 is 29.1 Å². The summed E-state index contributed by atoms with van der Waals surface area (Å²) in [6.45, 7) is 1.55. The van der Waals surface area contributed by atoms with Crippen molar-refractivity contribution in [2.45, 2.75) is 19.4 Å². The summed E-state index contributed by atoms with van der Waals surface area (Å²) in [5.41, 5.74) is 0.432. The summed E-state index contributed by atoms with van der Waals surface area (Å²) in [7, 11) is 0. The van der Waals surface area contributed by atoms with Crippen molar-refractivity contribution in [3.8, 4) is 0 Å². The number of nitrogens with one attached hydrogen (secondary N) is 1. The van der Waals surface area contributed by atoms with Gasteiger partial charge in [-0.25, -0.2) is 4.79 Å². The Morgan fingerprint density at radius 1 is 1.47 bits per heavy atom. The highest BCUT2D eigenvalue weighted by atomic mass is 16.5. The molecule has 0 aliphatic heterocycles. The molecule has 1 aromatic heterocycles. The quantitative estimate of drug-likeness (QED) is 0.642. The third-order valence-electron chi connectivity index (χ3n) is 1.94. The lowest BCUT2D eigenvalue weighted by Crippen LogP contribution is -2.42. The van der Waals surface area contributed by atoms with Crippen molar-refractivity contribution in [2.24, 2.45) is 0 Å². The van der Waals surface area contributed by atoms with Crippen molar-refractivity contribution in [1.29, 1.82) is 0 Å². The SMILES string of the molecule is Cc1cnoc1C(=O)N[C@H](CC(=O)O)C(=O)O. The maximum absolute atomic E-state index is 11.5. The van der Waals surface area contributed by atoms with E-state index in [1.165, 1.54) is 6.20 Å². The predicted octanol–water partition coefficient (Wildman–Crippen LogP) is -0.359. The van der Waals surface area contributed by atoms with Crippen LogP contribution in [0.3, 0.4) is 0 Å². The Morgan fingerprint density at radius 3 is 2.53 bits per heavy atom. The summed E-state index contributed by atoms with van der Waals surface area (Å²) >= 11 is 0. The van der Waals surface area contributed by atoms with E-state index in [1.807, 2.05) is 5.32 Å². The van der Waals surface area contributed by atoms with Crippen LogP contribution in [0.25, 0.3) is 0 Å². The fourth-order valence-corrected chi connectivity index (χ4v) is 1.11. The van der Waals surface area contributed by atoms with Gasteiger partial charge in [-0.1, -0.05) is 5.16 Å². The number of hydrogen-bond donors (Lipinski definition) is 3. The van der Waals surface area contributed by atoms with E-state index in [0.717, 1.165) is 0 Å². The number of aliphatic carboxylic acids is 2. The Labute approximate surface area is 95.2 Å². The van der Waals surface area contributed by atoms with Crippen LogP contribution in [0.2, 0.25) is 0 Å². The predicted molar refractivity (Wildman–Crippen MR) is 52.4 cm³/mol. The number of rotatable bonds is 5. The molecule has 0 saturated carbocycles. The van der Waals surface area contributed by atoms with Crippen LogP contribution in [-0.2, 0) is 9.59 Å². The topological polar surface area (TPSA) is 130 Å². The molecule has 0 aliphatic carbocycles. The Bertz CT molecular complexity index is 452. The monoisotopic (exact) mass is 242 g/mol. The minimum Gasteiger partial charge on any atom is -0.481 e. The number of carboxylic acids is 2. The lowest BCUT2D eigenvalue weighted by atomic mass is 10.2. The van der Waals surface area contributed by atoms with Crippen LogP contribution in [0.5, 0.6) is 0 Å². The van der Waals surface area contributed by atoms with Crippen LogP contribution in [0, 0.1) is 6.92 Å².